The van der Waals surface area contributed by atoms with E-state index in [9.17, 15) is 4.79 Å². The number of ether oxygens (including phenoxy) is 2. The van der Waals surface area contributed by atoms with Crippen LogP contribution in [-0.2, 0) is 14.3 Å². The molecule has 0 saturated carbocycles. The molecular weight excluding hydrogens is 144 g/mol. The molecule has 2 saturated heterocycles. The smallest absolute Gasteiger partial charge is 0.190 e. The molecule has 0 bridgehead atoms. The second-order valence-corrected chi connectivity index (χ2v) is 3.17. The molecule has 2 rings (SSSR count). The van der Waals surface area contributed by atoms with E-state index in [2.05, 4.69) is 0 Å². The summed E-state index contributed by atoms with van der Waals surface area (Å²) in [5, 5.41) is 0. The summed E-state index contributed by atoms with van der Waals surface area (Å²) in [6, 6.07) is 0. The fourth-order valence-corrected chi connectivity index (χ4v) is 1.79. The third-order valence-electron chi connectivity index (χ3n) is 2.49. The highest BCUT2D eigenvalue weighted by Gasteiger charge is 2.43. The average Bonchev–Trinajstić information content (AvgIpc) is 2.46. The van der Waals surface area contributed by atoms with E-state index in [0.29, 0.717) is 6.61 Å². The lowest BCUT2D eigenvalue weighted by Gasteiger charge is -2.30. The van der Waals surface area contributed by atoms with Crippen molar-refractivity contribution in [2.75, 3.05) is 19.8 Å². The Morgan fingerprint density at radius 3 is 2.82 bits per heavy atom. The van der Waals surface area contributed by atoms with Crippen molar-refractivity contribution < 1.29 is 14.3 Å². The van der Waals surface area contributed by atoms with Gasteiger partial charge in [0.05, 0.1) is 6.61 Å². The summed E-state index contributed by atoms with van der Waals surface area (Å²) in [6.45, 7) is 1.66. The van der Waals surface area contributed by atoms with E-state index >= 15 is 0 Å². The Kier molecular flexibility index (Phi) is 1.69. The quantitative estimate of drug-likeness (QED) is 0.513. The van der Waals surface area contributed by atoms with Crippen molar-refractivity contribution in [2.45, 2.75) is 24.9 Å². The number of hydrogen-bond acceptors (Lipinski definition) is 3. The first kappa shape index (κ1) is 7.25. The van der Waals surface area contributed by atoms with Crippen LogP contribution in [-0.4, -0.2) is 31.2 Å². The van der Waals surface area contributed by atoms with Crippen LogP contribution in [0, 0.1) is 0 Å². The second kappa shape index (κ2) is 2.57. The molecule has 0 aliphatic carbocycles. The van der Waals surface area contributed by atoms with Gasteiger partial charge < -0.3 is 9.47 Å². The SMILES string of the molecule is O=C1COCCC12CCCO2. The van der Waals surface area contributed by atoms with Crippen molar-refractivity contribution >= 4 is 5.78 Å². The molecule has 1 unspecified atom stereocenters. The van der Waals surface area contributed by atoms with Gasteiger partial charge in [-0.25, -0.2) is 0 Å². The monoisotopic (exact) mass is 156 g/mol. The van der Waals surface area contributed by atoms with Crippen molar-refractivity contribution in [1.82, 2.24) is 0 Å². The molecule has 2 fully saturated rings. The van der Waals surface area contributed by atoms with E-state index in [0.717, 1.165) is 25.9 Å². The van der Waals surface area contributed by atoms with E-state index < -0.39 is 5.60 Å². The number of carbonyl (C=O) groups excluding carboxylic acids is 1. The normalized spacial score (nSPS) is 38.4. The van der Waals surface area contributed by atoms with Crippen LogP contribution >= 0.6 is 0 Å². The zero-order valence-corrected chi connectivity index (χ0v) is 6.47. The fraction of sp³-hybridized carbons (Fsp3) is 0.875. The highest BCUT2D eigenvalue weighted by molar-refractivity contribution is 5.89. The molecule has 3 nitrogen and oxygen atoms in total. The standard InChI is InChI=1S/C8H12O3/c9-7-6-10-5-3-8(7)2-1-4-11-8/h1-6H2. The van der Waals surface area contributed by atoms with Crippen molar-refractivity contribution in [1.29, 1.82) is 0 Å². The second-order valence-electron chi connectivity index (χ2n) is 3.17. The van der Waals surface area contributed by atoms with Gasteiger partial charge in [0.2, 0.25) is 0 Å². The van der Waals surface area contributed by atoms with Crippen LogP contribution in [0.2, 0.25) is 0 Å². The first-order valence-electron chi connectivity index (χ1n) is 4.08. The summed E-state index contributed by atoms with van der Waals surface area (Å²) >= 11 is 0. The van der Waals surface area contributed by atoms with Gasteiger partial charge in [-0.1, -0.05) is 0 Å². The highest BCUT2D eigenvalue weighted by atomic mass is 16.5. The molecule has 0 amide bonds. The maximum Gasteiger partial charge on any atom is 0.190 e. The summed E-state index contributed by atoms with van der Waals surface area (Å²) in [7, 11) is 0. The van der Waals surface area contributed by atoms with Gasteiger partial charge in [-0.3, -0.25) is 4.79 Å². The van der Waals surface area contributed by atoms with Crippen LogP contribution in [0.15, 0.2) is 0 Å². The van der Waals surface area contributed by atoms with Gasteiger partial charge >= 0.3 is 0 Å². The van der Waals surface area contributed by atoms with Crippen LogP contribution in [0.25, 0.3) is 0 Å². The summed E-state index contributed by atoms with van der Waals surface area (Å²) in [4.78, 5) is 11.4. The molecule has 62 valence electrons. The lowest BCUT2D eigenvalue weighted by atomic mass is 9.90. The number of rotatable bonds is 0. The molecule has 2 aliphatic heterocycles. The predicted octanol–water partition coefficient (Wildman–Crippen LogP) is 0.525. The summed E-state index contributed by atoms with van der Waals surface area (Å²) in [5.74, 6) is 0.140. The van der Waals surface area contributed by atoms with Crippen molar-refractivity contribution in [3.63, 3.8) is 0 Å². The van der Waals surface area contributed by atoms with Gasteiger partial charge in [0, 0.05) is 13.0 Å². The van der Waals surface area contributed by atoms with Gasteiger partial charge in [0.15, 0.2) is 5.78 Å². The Morgan fingerprint density at radius 2 is 2.18 bits per heavy atom. The van der Waals surface area contributed by atoms with E-state index in [1.54, 1.807) is 0 Å². The molecular formula is C8H12O3. The van der Waals surface area contributed by atoms with Gasteiger partial charge in [0.25, 0.3) is 0 Å². The fourth-order valence-electron chi connectivity index (χ4n) is 1.79. The van der Waals surface area contributed by atoms with Crippen molar-refractivity contribution in [2.24, 2.45) is 0 Å². The minimum atomic E-state index is -0.432. The molecule has 2 aliphatic rings. The summed E-state index contributed by atoms with van der Waals surface area (Å²) in [6.07, 6.45) is 2.67. The number of carbonyl (C=O) groups is 1. The van der Waals surface area contributed by atoms with Crippen LogP contribution in [0.1, 0.15) is 19.3 Å². The van der Waals surface area contributed by atoms with Gasteiger partial charge in [-0.2, -0.15) is 0 Å². The highest BCUT2D eigenvalue weighted by Crippen LogP contribution is 2.32. The van der Waals surface area contributed by atoms with Crippen LogP contribution < -0.4 is 0 Å². The molecule has 11 heavy (non-hydrogen) atoms. The Balaban J connectivity index is 2.13. The molecule has 3 heteroatoms. The van der Waals surface area contributed by atoms with Crippen molar-refractivity contribution in [3.05, 3.63) is 0 Å². The van der Waals surface area contributed by atoms with Crippen molar-refractivity contribution in [3.8, 4) is 0 Å². The molecule has 0 radical (unpaired) electrons. The van der Waals surface area contributed by atoms with E-state index in [1.807, 2.05) is 0 Å². The Bertz CT molecular complexity index is 170. The molecule has 0 aromatic heterocycles. The number of ketones is 1. The maximum absolute atomic E-state index is 11.4. The topological polar surface area (TPSA) is 35.5 Å². The van der Waals surface area contributed by atoms with E-state index in [1.165, 1.54) is 0 Å². The molecule has 0 aromatic carbocycles. The molecule has 0 aromatic rings. The first-order chi connectivity index (χ1) is 5.33. The Morgan fingerprint density at radius 1 is 1.27 bits per heavy atom. The summed E-state index contributed by atoms with van der Waals surface area (Å²) < 4.78 is 10.5. The zero-order chi connectivity index (χ0) is 7.73. The van der Waals surface area contributed by atoms with E-state index in [-0.39, 0.29) is 12.4 Å². The zero-order valence-electron chi connectivity index (χ0n) is 6.47. The Hall–Kier alpha value is -0.410. The third-order valence-corrected chi connectivity index (χ3v) is 2.49. The lowest BCUT2D eigenvalue weighted by Crippen LogP contribution is -2.45. The Labute approximate surface area is 65.7 Å². The average molecular weight is 156 g/mol. The number of hydrogen-bond donors (Lipinski definition) is 0. The van der Waals surface area contributed by atoms with Gasteiger partial charge in [0.1, 0.15) is 12.2 Å². The lowest BCUT2D eigenvalue weighted by molar-refractivity contribution is -0.154. The maximum atomic E-state index is 11.4. The molecule has 0 N–H and O–H groups in total. The third kappa shape index (κ3) is 1.08. The molecule has 1 spiro atoms. The van der Waals surface area contributed by atoms with Crippen LogP contribution in [0.3, 0.4) is 0 Å². The number of Topliss-reactive ketones (excluding diaryl/α,β-unsaturated/α-hetero) is 1. The predicted molar refractivity (Wildman–Crippen MR) is 38.4 cm³/mol. The van der Waals surface area contributed by atoms with Crippen LogP contribution in [0.4, 0.5) is 0 Å². The minimum Gasteiger partial charge on any atom is -0.373 e. The van der Waals surface area contributed by atoms with Gasteiger partial charge in [-0.05, 0) is 12.8 Å². The largest absolute Gasteiger partial charge is 0.373 e. The molecule has 2 heterocycles. The summed E-state index contributed by atoms with van der Waals surface area (Å²) in [5.41, 5.74) is -0.432. The first-order valence-corrected chi connectivity index (χ1v) is 4.08. The molecule has 1 atom stereocenters. The van der Waals surface area contributed by atoms with Gasteiger partial charge in [-0.15, -0.1) is 0 Å². The minimum absolute atomic E-state index is 0.140. The van der Waals surface area contributed by atoms with Crippen LogP contribution in [0.5, 0.6) is 0 Å². The van der Waals surface area contributed by atoms with E-state index in [4.69, 9.17) is 9.47 Å².